The Kier molecular flexibility index (Phi) is 6.45. The van der Waals surface area contributed by atoms with E-state index in [9.17, 15) is 9.59 Å². The summed E-state index contributed by atoms with van der Waals surface area (Å²) in [5.41, 5.74) is 2.59. The van der Waals surface area contributed by atoms with Crippen LogP contribution in [0, 0.1) is 0 Å². The minimum Gasteiger partial charge on any atom is -0.494 e. The van der Waals surface area contributed by atoms with Gasteiger partial charge in [0.15, 0.2) is 0 Å². The van der Waals surface area contributed by atoms with Gasteiger partial charge in [-0.05, 0) is 55.8 Å². The molecule has 6 heteroatoms. The zero-order chi connectivity index (χ0) is 23.4. The van der Waals surface area contributed by atoms with E-state index in [2.05, 4.69) is 0 Å². The lowest BCUT2D eigenvalue weighted by Crippen LogP contribution is -2.34. The molecule has 6 nitrogen and oxygen atoms in total. The van der Waals surface area contributed by atoms with E-state index < -0.39 is 0 Å². The summed E-state index contributed by atoms with van der Waals surface area (Å²) in [5, 5.41) is 0. The van der Waals surface area contributed by atoms with Gasteiger partial charge in [0.1, 0.15) is 17.2 Å². The average molecular weight is 443 g/mol. The molecule has 0 aliphatic carbocycles. The van der Waals surface area contributed by atoms with Gasteiger partial charge in [0.05, 0.1) is 24.5 Å². The Labute approximate surface area is 193 Å². The highest BCUT2D eigenvalue weighted by molar-refractivity contribution is 6.46. The first-order valence-corrected chi connectivity index (χ1v) is 10.9. The highest BCUT2D eigenvalue weighted by Gasteiger charge is 2.42. The molecule has 0 aromatic heterocycles. The fraction of sp³-hybridized carbons (Fsp3) is 0.185. The molecule has 168 valence electrons. The third kappa shape index (κ3) is 4.32. The Morgan fingerprint density at radius 3 is 2.09 bits per heavy atom. The topological polar surface area (TPSA) is 59.1 Å². The van der Waals surface area contributed by atoms with Crippen molar-refractivity contribution in [2.75, 3.05) is 30.1 Å². The molecule has 0 unspecified atom stereocenters. The summed E-state index contributed by atoms with van der Waals surface area (Å²) in [7, 11) is 1.80. The van der Waals surface area contributed by atoms with Gasteiger partial charge in [-0.1, -0.05) is 36.4 Å². The predicted molar refractivity (Wildman–Crippen MR) is 129 cm³/mol. The number of imide groups is 1. The van der Waals surface area contributed by atoms with Gasteiger partial charge in [0, 0.05) is 18.8 Å². The molecule has 3 aromatic rings. The molecule has 33 heavy (non-hydrogen) atoms. The lowest BCUT2D eigenvalue weighted by atomic mass is 10.0. The fourth-order valence-corrected chi connectivity index (χ4v) is 3.87. The average Bonchev–Trinajstić information content (AvgIpc) is 3.10. The molecule has 1 aliphatic heterocycles. The van der Waals surface area contributed by atoms with Gasteiger partial charge in [0.25, 0.3) is 11.8 Å². The largest absolute Gasteiger partial charge is 0.494 e. The normalized spacial score (nSPS) is 13.5. The number of carbonyl (C=O) groups excluding carboxylic acids is 2. The number of benzene rings is 3. The predicted octanol–water partition coefficient (Wildman–Crippen LogP) is 4.90. The number of amides is 2. The number of likely N-dealkylation sites (N-methyl/N-ethyl adjacent to an activating group) is 1. The monoisotopic (exact) mass is 442 g/mol. The van der Waals surface area contributed by atoms with Crippen molar-refractivity contribution < 1.29 is 19.1 Å². The minimum absolute atomic E-state index is 0.317. The Hall–Kier alpha value is -4.06. The van der Waals surface area contributed by atoms with E-state index in [1.54, 1.807) is 36.2 Å². The zero-order valence-electron chi connectivity index (χ0n) is 18.9. The molecule has 0 radical (unpaired) electrons. The minimum atomic E-state index is -0.385. The highest BCUT2D eigenvalue weighted by atomic mass is 16.5. The van der Waals surface area contributed by atoms with Crippen molar-refractivity contribution in [2.45, 2.75) is 13.8 Å². The summed E-state index contributed by atoms with van der Waals surface area (Å²) >= 11 is 0. The van der Waals surface area contributed by atoms with E-state index in [0.29, 0.717) is 47.2 Å². The molecular formula is C27H26N2O4. The second kappa shape index (κ2) is 9.61. The van der Waals surface area contributed by atoms with E-state index >= 15 is 0 Å². The number of rotatable bonds is 8. The fourth-order valence-electron chi connectivity index (χ4n) is 3.87. The van der Waals surface area contributed by atoms with Crippen molar-refractivity contribution in [1.29, 1.82) is 0 Å². The van der Waals surface area contributed by atoms with Crippen LogP contribution in [0.4, 0.5) is 11.4 Å². The van der Waals surface area contributed by atoms with Gasteiger partial charge in [-0.15, -0.1) is 0 Å². The number of hydrogen-bond acceptors (Lipinski definition) is 5. The van der Waals surface area contributed by atoms with Crippen LogP contribution in [-0.2, 0) is 9.59 Å². The maximum atomic E-state index is 13.7. The summed E-state index contributed by atoms with van der Waals surface area (Å²) in [6.45, 7) is 4.84. The van der Waals surface area contributed by atoms with Gasteiger partial charge < -0.3 is 14.4 Å². The van der Waals surface area contributed by atoms with E-state index in [-0.39, 0.29) is 11.8 Å². The first kappa shape index (κ1) is 22.1. The molecule has 4 rings (SSSR count). The SMILES string of the molecule is CCOc1ccc(C2=C(N(C)c3ccccc3)C(=O)N(c3cccc(OCC)c3)C2=O)cc1. The van der Waals surface area contributed by atoms with Crippen LogP contribution in [0.2, 0.25) is 0 Å². The first-order valence-electron chi connectivity index (χ1n) is 10.9. The molecule has 0 saturated carbocycles. The smallest absolute Gasteiger partial charge is 0.282 e. The van der Waals surface area contributed by atoms with E-state index in [1.807, 2.05) is 68.4 Å². The molecule has 2 amide bonds. The van der Waals surface area contributed by atoms with Crippen LogP contribution < -0.4 is 19.3 Å². The van der Waals surface area contributed by atoms with E-state index in [4.69, 9.17) is 9.47 Å². The van der Waals surface area contributed by atoms with Crippen molar-refractivity contribution >= 4 is 28.8 Å². The van der Waals surface area contributed by atoms with E-state index in [1.165, 1.54) is 4.90 Å². The Morgan fingerprint density at radius 1 is 0.758 bits per heavy atom. The van der Waals surface area contributed by atoms with Crippen molar-refractivity contribution in [2.24, 2.45) is 0 Å². The second-order valence-corrected chi connectivity index (χ2v) is 7.45. The quantitative estimate of drug-likeness (QED) is 0.464. The molecule has 0 saturated heterocycles. The number of ether oxygens (including phenoxy) is 2. The zero-order valence-corrected chi connectivity index (χ0v) is 18.9. The summed E-state index contributed by atoms with van der Waals surface area (Å²) in [5.74, 6) is 0.542. The summed E-state index contributed by atoms with van der Waals surface area (Å²) in [6.07, 6.45) is 0. The lowest BCUT2D eigenvalue weighted by molar-refractivity contribution is -0.120. The van der Waals surface area contributed by atoms with Gasteiger partial charge in [-0.2, -0.15) is 0 Å². The van der Waals surface area contributed by atoms with E-state index in [0.717, 1.165) is 5.69 Å². The summed E-state index contributed by atoms with van der Waals surface area (Å²) < 4.78 is 11.1. The molecule has 0 spiro atoms. The maximum Gasteiger partial charge on any atom is 0.282 e. The Bertz CT molecular complexity index is 1190. The van der Waals surface area contributed by atoms with Crippen LogP contribution in [0.3, 0.4) is 0 Å². The summed E-state index contributed by atoms with van der Waals surface area (Å²) in [6, 6.07) is 23.8. The molecule has 1 heterocycles. The second-order valence-electron chi connectivity index (χ2n) is 7.45. The molecule has 0 bridgehead atoms. The van der Waals surface area contributed by atoms with Crippen LogP contribution in [0.1, 0.15) is 19.4 Å². The third-order valence-electron chi connectivity index (χ3n) is 5.38. The maximum absolute atomic E-state index is 13.7. The van der Waals surface area contributed by atoms with Gasteiger partial charge in [-0.3, -0.25) is 9.59 Å². The van der Waals surface area contributed by atoms with Crippen molar-refractivity contribution in [3.63, 3.8) is 0 Å². The standard InChI is InChI=1S/C27H26N2O4/c1-4-32-22-16-14-19(15-17-22)24-25(28(3)20-10-7-6-8-11-20)27(31)29(26(24)30)21-12-9-13-23(18-21)33-5-2/h6-18H,4-5H2,1-3H3. The molecular weight excluding hydrogens is 416 g/mol. The van der Waals surface area contributed by atoms with Crippen LogP contribution in [0.25, 0.3) is 5.57 Å². The highest BCUT2D eigenvalue weighted by Crippen LogP contribution is 2.37. The van der Waals surface area contributed by atoms with Crippen LogP contribution in [0.15, 0.2) is 84.6 Å². The molecule has 0 fully saturated rings. The van der Waals surface area contributed by atoms with Gasteiger partial charge >= 0.3 is 0 Å². The number of nitrogens with zero attached hydrogens (tertiary/aromatic N) is 2. The number of hydrogen-bond donors (Lipinski definition) is 0. The van der Waals surface area contributed by atoms with Crippen molar-refractivity contribution in [3.05, 3.63) is 90.1 Å². The molecule has 0 atom stereocenters. The van der Waals surface area contributed by atoms with Crippen LogP contribution in [-0.4, -0.2) is 32.1 Å². The molecule has 3 aromatic carbocycles. The van der Waals surface area contributed by atoms with Crippen LogP contribution >= 0.6 is 0 Å². The third-order valence-corrected chi connectivity index (χ3v) is 5.38. The van der Waals surface area contributed by atoms with Gasteiger partial charge in [0.2, 0.25) is 0 Å². The van der Waals surface area contributed by atoms with Crippen molar-refractivity contribution in [3.8, 4) is 11.5 Å². The molecule has 1 aliphatic rings. The Morgan fingerprint density at radius 2 is 1.42 bits per heavy atom. The Balaban J connectivity index is 1.82. The van der Waals surface area contributed by atoms with Gasteiger partial charge in [-0.25, -0.2) is 4.90 Å². The number of anilines is 2. The summed E-state index contributed by atoms with van der Waals surface area (Å²) in [4.78, 5) is 30.4. The van der Waals surface area contributed by atoms with Crippen molar-refractivity contribution in [1.82, 2.24) is 0 Å². The van der Waals surface area contributed by atoms with Crippen LogP contribution in [0.5, 0.6) is 11.5 Å². The molecule has 0 N–H and O–H groups in total. The number of para-hydroxylation sites is 1. The lowest BCUT2D eigenvalue weighted by Gasteiger charge is -2.21. The number of carbonyl (C=O) groups is 2. The first-order chi connectivity index (χ1) is 16.0.